The molecule has 1 atom stereocenters. The van der Waals surface area contributed by atoms with Crippen LogP contribution >= 0.6 is 15.9 Å². The van der Waals surface area contributed by atoms with Gasteiger partial charge in [0.1, 0.15) is 17.6 Å². The molecule has 0 bridgehead atoms. The Bertz CT molecular complexity index is 1040. The molecule has 1 unspecified atom stereocenters. The van der Waals surface area contributed by atoms with Crippen LogP contribution in [0.4, 0.5) is 10.1 Å². The number of nitrogens with zero attached hydrogens (tertiary/aromatic N) is 3. The molecule has 2 aromatic carbocycles. The quantitative estimate of drug-likeness (QED) is 0.540. The zero-order chi connectivity index (χ0) is 20.8. The molecular weight excluding hydrogens is 443 g/mol. The van der Waals surface area contributed by atoms with E-state index in [1.807, 2.05) is 0 Å². The number of aromatic nitrogens is 2. The molecular formula is C20H16BrFN4O3. The molecule has 0 aliphatic heterocycles. The van der Waals surface area contributed by atoms with E-state index >= 15 is 0 Å². The van der Waals surface area contributed by atoms with E-state index in [1.54, 1.807) is 30.3 Å². The van der Waals surface area contributed by atoms with Gasteiger partial charge < -0.3 is 19.5 Å². The van der Waals surface area contributed by atoms with E-state index in [0.717, 1.165) is 0 Å². The summed E-state index contributed by atoms with van der Waals surface area (Å²) in [5, 5.41) is 12.8. The molecule has 0 radical (unpaired) electrons. The standard InChI is InChI=1S/C20H16BrFN4O3/c1-27-18-10-19(28-2)26-20(25-18)29-17-6-4-3-5-13(17)16(11-23)24-15-8-7-12(22)9-14(15)21/h3-10,16,24H,1-2H3. The number of hydrogen-bond donors (Lipinski definition) is 1. The van der Waals surface area contributed by atoms with Crippen molar-refractivity contribution in [2.45, 2.75) is 6.04 Å². The maximum atomic E-state index is 13.3. The second kappa shape index (κ2) is 9.21. The second-order valence-corrected chi connectivity index (χ2v) is 6.56. The van der Waals surface area contributed by atoms with E-state index in [1.165, 1.54) is 32.4 Å². The molecule has 3 aromatic rings. The average molecular weight is 459 g/mol. The third-order valence-corrected chi connectivity index (χ3v) is 4.52. The first-order valence-electron chi connectivity index (χ1n) is 8.39. The van der Waals surface area contributed by atoms with Crippen molar-refractivity contribution in [2.75, 3.05) is 19.5 Å². The average Bonchev–Trinajstić information content (AvgIpc) is 2.73. The number of halogens is 2. The summed E-state index contributed by atoms with van der Waals surface area (Å²) >= 11 is 3.29. The molecule has 1 heterocycles. The number of benzene rings is 2. The van der Waals surface area contributed by atoms with Crippen molar-refractivity contribution in [3.8, 4) is 29.6 Å². The van der Waals surface area contributed by atoms with Gasteiger partial charge >= 0.3 is 6.01 Å². The first-order valence-corrected chi connectivity index (χ1v) is 9.18. The smallest absolute Gasteiger partial charge is 0.328 e. The fourth-order valence-corrected chi connectivity index (χ4v) is 2.96. The number of nitrogens with one attached hydrogen (secondary N) is 1. The molecule has 0 spiro atoms. The predicted octanol–water partition coefficient (Wildman–Crippen LogP) is 4.86. The molecule has 0 fully saturated rings. The highest BCUT2D eigenvalue weighted by atomic mass is 79.9. The highest BCUT2D eigenvalue weighted by Crippen LogP contribution is 2.33. The SMILES string of the molecule is COc1cc(OC)nc(Oc2ccccc2C(C#N)Nc2ccc(F)cc2Br)n1. The van der Waals surface area contributed by atoms with Crippen molar-refractivity contribution in [2.24, 2.45) is 0 Å². The van der Waals surface area contributed by atoms with E-state index in [-0.39, 0.29) is 23.6 Å². The van der Waals surface area contributed by atoms with Crippen LogP contribution in [0.2, 0.25) is 0 Å². The van der Waals surface area contributed by atoms with Gasteiger partial charge in [0.15, 0.2) is 0 Å². The lowest BCUT2D eigenvalue weighted by Crippen LogP contribution is -2.10. The molecule has 0 saturated heterocycles. The Hall–Kier alpha value is -3.38. The van der Waals surface area contributed by atoms with Gasteiger partial charge in [-0.2, -0.15) is 15.2 Å². The Morgan fingerprint density at radius 1 is 1.07 bits per heavy atom. The zero-order valence-electron chi connectivity index (χ0n) is 15.5. The Balaban J connectivity index is 1.92. The summed E-state index contributed by atoms with van der Waals surface area (Å²) in [4.78, 5) is 8.28. The van der Waals surface area contributed by atoms with E-state index in [4.69, 9.17) is 14.2 Å². The van der Waals surface area contributed by atoms with Crippen LogP contribution in [0.1, 0.15) is 11.6 Å². The first kappa shape index (κ1) is 20.4. The van der Waals surface area contributed by atoms with Gasteiger partial charge in [0.05, 0.1) is 26.4 Å². The Morgan fingerprint density at radius 3 is 2.38 bits per heavy atom. The Labute approximate surface area is 175 Å². The van der Waals surface area contributed by atoms with Crippen LogP contribution in [-0.4, -0.2) is 24.2 Å². The van der Waals surface area contributed by atoms with Gasteiger partial charge in [-0.3, -0.25) is 0 Å². The minimum absolute atomic E-state index is 0.00769. The summed E-state index contributed by atoms with van der Waals surface area (Å²) < 4.78 is 29.9. The fourth-order valence-electron chi connectivity index (χ4n) is 2.49. The largest absolute Gasteiger partial charge is 0.481 e. The van der Waals surface area contributed by atoms with Gasteiger partial charge in [0, 0.05) is 15.7 Å². The number of hydrogen-bond acceptors (Lipinski definition) is 7. The molecule has 0 amide bonds. The van der Waals surface area contributed by atoms with Gasteiger partial charge in [0.25, 0.3) is 0 Å². The monoisotopic (exact) mass is 458 g/mol. The minimum Gasteiger partial charge on any atom is -0.481 e. The van der Waals surface area contributed by atoms with E-state index < -0.39 is 6.04 Å². The van der Waals surface area contributed by atoms with Gasteiger partial charge in [-0.25, -0.2) is 4.39 Å². The zero-order valence-corrected chi connectivity index (χ0v) is 17.1. The van der Waals surface area contributed by atoms with Crippen LogP contribution in [-0.2, 0) is 0 Å². The molecule has 29 heavy (non-hydrogen) atoms. The maximum Gasteiger partial charge on any atom is 0.328 e. The van der Waals surface area contributed by atoms with Crippen LogP contribution in [0.15, 0.2) is 53.0 Å². The molecule has 0 saturated carbocycles. The first-order chi connectivity index (χ1) is 14.0. The summed E-state index contributed by atoms with van der Waals surface area (Å²) in [6.07, 6.45) is 0. The van der Waals surface area contributed by atoms with E-state index in [2.05, 4.69) is 37.3 Å². The molecule has 9 heteroatoms. The Kier molecular flexibility index (Phi) is 6.46. The van der Waals surface area contributed by atoms with Gasteiger partial charge in [-0.15, -0.1) is 0 Å². The third-order valence-electron chi connectivity index (χ3n) is 3.87. The van der Waals surface area contributed by atoms with Crippen LogP contribution in [0.25, 0.3) is 0 Å². The second-order valence-electron chi connectivity index (χ2n) is 5.71. The lowest BCUT2D eigenvalue weighted by molar-refractivity contribution is 0.347. The van der Waals surface area contributed by atoms with Crippen LogP contribution in [0.3, 0.4) is 0 Å². The summed E-state index contributed by atoms with van der Waals surface area (Å²) in [6, 6.07) is 14.1. The van der Waals surface area contributed by atoms with E-state index in [9.17, 15) is 9.65 Å². The summed E-state index contributed by atoms with van der Waals surface area (Å²) in [5.41, 5.74) is 1.11. The van der Waals surface area contributed by atoms with Crippen molar-refractivity contribution in [1.29, 1.82) is 5.26 Å². The van der Waals surface area contributed by atoms with Crippen molar-refractivity contribution in [3.63, 3.8) is 0 Å². The van der Waals surface area contributed by atoms with Crippen molar-refractivity contribution in [1.82, 2.24) is 9.97 Å². The van der Waals surface area contributed by atoms with Crippen molar-refractivity contribution in [3.05, 3.63) is 64.4 Å². The molecule has 148 valence electrons. The number of para-hydroxylation sites is 1. The van der Waals surface area contributed by atoms with Crippen LogP contribution in [0.5, 0.6) is 23.5 Å². The minimum atomic E-state index is -0.777. The molecule has 1 aromatic heterocycles. The highest BCUT2D eigenvalue weighted by Gasteiger charge is 2.18. The molecule has 3 rings (SSSR count). The lowest BCUT2D eigenvalue weighted by Gasteiger charge is -2.18. The van der Waals surface area contributed by atoms with E-state index in [0.29, 0.717) is 21.5 Å². The summed E-state index contributed by atoms with van der Waals surface area (Å²) in [6.45, 7) is 0. The van der Waals surface area contributed by atoms with Gasteiger partial charge in [0.2, 0.25) is 11.8 Å². The fraction of sp³-hybridized carbons (Fsp3) is 0.150. The van der Waals surface area contributed by atoms with Crippen molar-refractivity contribution >= 4 is 21.6 Å². The van der Waals surface area contributed by atoms with Crippen LogP contribution in [0, 0.1) is 17.1 Å². The van der Waals surface area contributed by atoms with Gasteiger partial charge in [-0.1, -0.05) is 18.2 Å². The number of nitriles is 1. The highest BCUT2D eigenvalue weighted by molar-refractivity contribution is 9.10. The number of rotatable bonds is 7. The normalized spacial score (nSPS) is 11.3. The van der Waals surface area contributed by atoms with Crippen molar-refractivity contribution < 1.29 is 18.6 Å². The number of ether oxygens (including phenoxy) is 3. The molecule has 0 aliphatic rings. The number of anilines is 1. The molecule has 7 nitrogen and oxygen atoms in total. The summed E-state index contributed by atoms with van der Waals surface area (Å²) in [7, 11) is 2.94. The summed E-state index contributed by atoms with van der Waals surface area (Å²) in [5.74, 6) is 0.535. The third kappa shape index (κ3) is 4.92. The molecule has 0 aliphatic carbocycles. The molecule has 1 N–H and O–H groups in total. The topological polar surface area (TPSA) is 89.3 Å². The van der Waals surface area contributed by atoms with Crippen LogP contribution < -0.4 is 19.5 Å². The predicted molar refractivity (Wildman–Crippen MR) is 108 cm³/mol. The maximum absolute atomic E-state index is 13.3. The number of methoxy groups -OCH3 is 2. The van der Waals surface area contributed by atoms with Gasteiger partial charge in [-0.05, 0) is 40.2 Å². The lowest BCUT2D eigenvalue weighted by atomic mass is 10.1. The Morgan fingerprint density at radius 2 is 1.76 bits per heavy atom.